The Bertz CT molecular complexity index is 4570. The molecule has 0 radical (unpaired) electrons. The molecule has 1 aliphatic heterocycles. The largest absolute Gasteiger partial charge is 0.508 e. The average molecular weight is 1720 g/mol. The minimum atomic E-state index is -2.12. The number of nitrogens with two attached hydrogens (primary N) is 3. The molecule has 0 aliphatic carbocycles. The number of likely N-dealkylation sites (tertiary alicyclic amines) is 1. The van der Waals surface area contributed by atoms with Crippen LogP contribution in [-0.4, -0.2) is 257 Å². The molecule has 3 aromatic carbocycles. The SMILES string of the molecule is CC(C)C[C@H](NC(=O)[C@H](CCCCN)NC(=O)[C@@H](NC(=O)[C@H](CC(C)C)NC(=O)[C@H](CO)NC(=O)[C@H](CC(=O)O)NC(=O)[C@H](Cc1ccc(O)cc1)NC(=O)[C@H](Cc1c[nH]c2ccccc12)NC(=O)[C@H](CC(N)=O)NC(=O)[C@H](C)N)[C@@H](C)O)C(=O)N[C@@H](Cc1c[nH]c2ccccc12)C(=O)N[C@@H](CC(C)C)C(=O)N1CCC[C@H]1C(=O)N[C@@H](CC(=O)O)C(=O)O. The fourth-order valence-corrected chi connectivity index (χ4v) is 13.9. The number of unbranched alkanes of at least 4 members (excludes halogenated alkanes) is 1. The Morgan fingerprint density at radius 2 is 0.854 bits per heavy atom. The summed E-state index contributed by atoms with van der Waals surface area (Å²) in [5.74, 6) is -20.7. The van der Waals surface area contributed by atoms with Crippen molar-refractivity contribution >= 4 is 122 Å². The third-order valence-electron chi connectivity index (χ3n) is 20.2. The lowest BCUT2D eigenvalue weighted by atomic mass is 9.98. The van der Waals surface area contributed by atoms with E-state index in [1.807, 2.05) is 0 Å². The molecular formula is C82H116N18O23. The molecule has 0 unspecified atom stereocenters. The normalized spacial score (nSPS) is 16.1. The molecule has 5 aromatic rings. The number of H-pyrrole nitrogens is 2. The maximum absolute atomic E-state index is 14.9. The van der Waals surface area contributed by atoms with Gasteiger partial charge in [0.15, 0.2) is 0 Å². The van der Waals surface area contributed by atoms with Gasteiger partial charge in [0.1, 0.15) is 84.3 Å². The van der Waals surface area contributed by atoms with Gasteiger partial charge in [-0.15, -0.1) is 0 Å². The summed E-state index contributed by atoms with van der Waals surface area (Å²) in [4.78, 5) is 242. The van der Waals surface area contributed by atoms with Gasteiger partial charge >= 0.3 is 17.9 Å². The van der Waals surface area contributed by atoms with Crippen LogP contribution in [0.25, 0.3) is 21.8 Å². The van der Waals surface area contributed by atoms with Crippen LogP contribution in [0.15, 0.2) is 85.2 Å². The highest BCUT2D eigenvalue weighted by Gasteiger charge is 2.43. The van der Waals surface area contributed by atoms with Crippen LogP contribution in [-0.2, 0) is 101 Å². The summed E-state index contributed by atoms with van der Waals surface area (Å²) in [6, 6.07) is -3.68. The third kappa shape index (κ3) is 30.8. The molecule has 26 N–H and O–H groups in total. The van der Waals surface area contributed by atoms with Crippen LogP contribution in [0.3, 0.4) is 0 Å². The van der Waals surface area contributed by atoms with Gasteiger partial charge in [-0.1, -0.05) is 90.1 Å². The Kier molecular flexibility index (Phi) is 38.3. The minimum absolute atomic E-state index is 0.00909. The second-order valence-electron chi connectivity index (χ2n) is 31.9. The van der Waals surface area contributed by atoms with Gasteiger partial charge < -0.3 is 127 Å². The number of benzene rings is 3. The summed E-state index contributed by atoms with van der Waals surface area (Å²) in [5, 5.41) is 92.1. The standard InChI is InChI=1S/C82H116N18O23/c1-40(2)28-54(71(111)93-58(33-47-38-87-52-19-12-10-17-50(47)52)74(114)96-61(30-42(5)6)81(121)100-27-15-21-64(100)79(119)97-62(82(122)123)36-67(107)108)90-70(110)53(20-13-14-26-83)88-80(120)68(44(8)102)99-77(117)55(29-41(3)4)91-78(118)63(39-101)98-76(116)60(35-66(105)106)95-72(112)56(31-45-22-24-48(103)25-23-45)92-73(113)57(32-46-37-86-51-18-11-9-16-49(46)51)94-75(115)59(34-65(85)104)89-69(109)43(7)84/h9-12,16-19,22-25,37-38,40-44,53-64,68,86-87,101-103H,13-15,20-21,26-36,39,83-84H2,1-8H3,(H2,85,104)(H,88,120)(H,89,109)(H,90,110)(H,91,118)(H,92,113)(H,93,111)(H,94,115)(H,95,112)(H,96,114)(H,97,119)(H,98,116)(H,99,117)(H,105,106)(H,107,108)(H,122,123)/t43-,44+,53-,54-,55-,56-,57-,58-,59-,60-,61-,62-,63-,64-,68-/m0/s1. The van der Waals surface area contributed by atoms with Crippen molar-refractivity contribution in [2.75, 3.05) is 19.7 Å². The number of aromatic nitrogens is 2. The molecule has 6 rings (SSSR count). The number of aromatic amines is 2. The number of carbonyl (C=O) groups is 17. The Hall–Kier alpha value is -12.6. The van der Waals surface area contributed by atoms with E-state index >= 15 is 0 Å². The highest BCUT2D eigenvalue weighted by atomic mass is 16.4. The van der Waals surface area contributed by atoms with Crippen LogP contribution in [0.1, 0.15) is 143 Å². The number of para-hydroxylation sites is 2. The van der Waals surface area contributed by atoms with Crippen molar-refractivity contribution in [3.8, 4) is 5.75 Å². The molecule has 0 bridgehead atoms. The van der Waals surface area contributed by atoms with Gasteiger partial charge in [-0.2, -0.15) is 0 Å². The average Bonchev–Trinajstić information content (AvgIpc) is 1.70. The molecule has 1 saturated heterocycles. The summed E-state index contributed by atoms with van der Waals surface area (Å²) < 4.78 is 0. The Morgan fingerprint density at radius 1 is 0.455 bits per heavy atom. The van der Waals surface area contributed by atoms with Crippen LogP contribution in [0.2, 0.25) is 0 Å². The van der Waals surface area contributed by atoms with E-state index in [4.69, 9.17) is 17.2 Å². The van der Waals surface area contributed by atoms with E-state index in [0.717, 1.165) is 6.92 Å². The number of carboxylic acid groups (broad SMARTS) is 3. The second kappa shape index (κ2) is 47.5. The van der Waals surface area contributed by atoms with Crippen LogP contribution < -0.4 is 81.0 Å². The van der Waals surface area contributed by atoms with Gasteiger partial charge in [-0.3, -0.25) is 76.7 Å². The van der Waals surface area contributed by atoms with Crippen LogP contribution >= 0.6 is 0 Å². The number of primary amides is 1. The smallest absolute Gasteiger partial charge is 0.326 e. The number of carboxylic acids is 3. The second-order valence-corrected chi connectivity index (χ2v) is 31.9. The topological polar surface area (TPSA) is 669 Å². The summed E-state index contributed by atoms with van der Waals surface area (Å²) >= 11 is 0. The van der Waals surface area contributed by atoms with Crippen molar-refractivity contribution in [1.29, 1.82) is 0 Å². The highest BCUT2D eigenvalue weighted by molar-refractivity contribution is 6.02. The number of aliphatic hydroxyl groups is 2. The van der Waals surface area contributed by atoms with E-state index in [1.165, 1.54) is 36.1 Å². The monoisotopic (exact) mass is 1720 g/mol. The number of hydrogen-bond donors (Lipinski definition) is 23. The number of phenols is 1. The number of hydrogen-bond acceptors (Lipinski definition) is 22. The van der Waals surface area contributed by atoms with E-state index in [-0.39, 0.29) is 87.6 Å². The van der Waals surface area contributed by atoms with E-state index in [0.29, 0.717) is 45.8 Å². The zero-order valence-corrected chi connectivity index (χ0v) is 69.8. The molecule has 0 saturated carbocycles. The van der Waals surface area contributed by atoms with Gasteiger partial charge in [0.2, 0.25) is 82.7 Å². The maximum Gasteiger partial charge on any atom is 0.326 e. The van der Waals surface area contributed by atoms with Crippen LogP contribution in [0.4, 0.5) is 0 Å². The molecule has 123 heavy (non-hydrogen) atoms. The molecule has 0 spiro atoms. The number of nitrogens with one attached hydrogen (secondary N) is 14. The van der Waals surface area contributed by atoms with Crippen molar-refractivity contribution in [2.24, 2.45) is 35.0 Å². The Morgan fingerprint density at radius 3 is 1.32 bits per heavy atom. The number of fused-ring (bicyclic) bond motifs is 2. The molecule has 2 aromatic heterocycles. The van der Waals surface area contributed by atoms with Crippen molar-refractivity contribution in [3.05, 3.63) is 102 Å². The van der Waals surface area contributed by atoms with Crippen molar-refractivity contribution in [3.63, 3.8) is 0 Å². The van der Waals surface area contributed by atoms with E-state index in [2.05, 4.69) is 73.8 Å². The van der Waals surface area contributed by atoms with Crippen LogP contribution in [0.5, 0.6) is 5.75 Å². The molecule has 1 fully saturated rings. The summed E-state index contributed by atoms with van der Waals surface area (Å²) in [6.45, 7) is 11.6. The molecule has 672 valence electrons. The molecule has 1 aliphatic rings. The molecule has 3 heterocycles. The molecule has 41 nitrogen and oxygen atoms in total. The lowest BCUT2D eigenvalue weighted by molar-refractivity contribution is -0.148. The van der Waals surface area contributed by atoms with E-state index < -0.39 is 230 Å². The Labute approximate surface area is 708 Å². The van der Waals surface area contributed by atoms with Gasteiger partial charge in [0.05, 0.1) is 38.0 Å². The molecule has 14 amide bonds. The first-order valence-corrected chi connectivity index (χ1v) is 40.6. The van der Waals surface area contributed by atoms with Crippen molar-refractivity contribution < 1.29 is 112 Å². The maximum atomic E-state index is 14.9. The Balaban J connectivity index is 1.21. The summed E-state index contributed by atoms with van der Waals surface area (Å²) in [7, 11) is 0. The number of rotatable bonds is 50. The quantitative estimate of drug-likeness (QED) is 0.0174. The number of amides is 14. The van der Waals surface area contributed by atoms with Gasteiger partial charge in [-0.25, -0.2) is 4.79 Å². The van der Waals surface area contributed by atoms with Crippen LogP contribution in [0, 0.1) is 17.8 Å². The first-order chi connectivity index (χ1) is 58.1. The van der Waals surface area contributed by atoms with Crippen molar-refractivity contribution in [1.82, 2.24) is 78.7 Å². The predicted molar refractivity (Wildman–Crippen MR) is 443 cm³/mol. The van der Waals surface area contributed by atoms with Gasteiger partial charge in [0.25, 0.3) is 0 Å². The predicted octanol–water partition coefficient (Wildman–Crippen LogP) is -2.91. The number of carbonyl (C=O) groups excluding carboxylic acids is 14. The molecule has 15 atom stereocenters. The zero-order valence-electron chi connectivity index (χ0n) is 69.8. The highest BCUT2D eigenvalue weighted by Crippen LogP contribution is 2.25. The number of nitrogens with zero attached hydrogens (tertiary/aromatic N) is 1. The fraction of sp³-hybridized carbons (Fsp3) is 0.524. The number of aliphatic carboxylic acids is 3. The zero-order chi connectivity index (χ0) is 91.2. The van der Waals surface area contributed by atoms with Gasteiger partial charge in [0, 0.05) is 60.0 Å². The number of aliphatic hydroxyl groups excluding tert-OH is 2. The number of aromatic hydroxyl groups is 1. The first-order valence-electron chi connectivity index (χ1n) is 40.6. The summed E-state index contributed by atoms with van der Waals surface area (Å²) in [5.41, 5.74) is 19.6. The minimum Gasteiger partial charge on any atom is -0.508 e. The lowest BCUT2D eigenvalue weighted by Gasteiger charge is -2.31. The van der Waals surface area contributed by atoms with E-state index in [9.17, 15) is 112 Å². The molecular weight excluding hydrogens is 1610 g/mol. The van der Waals surface area contributed by atoms with E-state index in [1.54, 1.807) is 102 Å². The third-order valence-corrected chi connectivity index (χ3v) is 20.2. The fourth-order valence-electron chi connectivity index (χ4n) is 13.9. The first kappa shape index (κ1) is 99.2. The van der Waals surface area contributed by atoms with Gasteiger partial charge in [-0.05, 0) is 130 Å². The van der Waals surface area contributed by atoms with Crippen molar-refractivity contribution in [2.45, 2.75) is 236 Å². The lowest BCUT2D eigenvalue weighted by Crippen LogP contribution is -2.62. The summed E-state index contributed by atoms with van der Waals surface area (Å²) in [6.07, 6.45) is -2.01. The molecule has 41 heteroatoms. The number of phenolic OH excluding ortho intramolecular Hbond substituents is 1.